The van der Waals surface area contributed by atoms with Crippen molar-refractivity contribution < 1.29 is 9.47 Å². The van der Waals surface area contributed by atoms with Gasteiger partial charge in [0.2, 0.25) is 0 Å². The molecule has 5 nitrogen and oxygen atoms in total. The van der Waals surface area contributed by atoms with Crippen LogP contribution >= 0.6 is 0 Å². The molecule has 0 radical (unpaired) electrons. The van der Waals surface area contributed by atoms with Crippen molar-refractivity contribution in [3.05, 3.63) is 11.5 Å². The standard InChI is InChI=1S/C13H25N3O2/c1-9(2)13-15-11(8-18-7-6-17-5)12(14)16(13)10(3)4/h9-10H,6-8,14H2,1-5H3. The molecule has 0 spiro atoms. The first-order chi connectivity index (χ1) is 8.49. The lowest BCUT2D eigenvalue weighted by atomic mass is 10.2. The molecule has 0 aliphatic carbocycles. The SMILES string of the molecule is COCCOCc1nc(C(C)C)n(C(C)C)c1N. The molecule has 0 aliphatic heterocycles. The Bertz CT molecular complexity index is 373. The Morgan fingerprint density at radius 3 is 2.33 bits per heavy atom. The lowest BCUT2D eigenvalue weighted by Crippen LogP contribution is -2.11. The van der Waals surface area contributed by atoms with E-state index in [0.29, 0.717) is 37.6 Å². The second kappa shape index (κ2) is 6.75. The fourth-order valence-corrected chi connectivity index (χ4v) is 1.88. The van der Waals surface area contributed by atoms with E-state index in [0.717, 1.165) is 11.5 Å². The number of imidazole rings is 1. The molecule has 0 fully saturated rings. The minimum Gasteiger partial charge on any atom is -0.383 e. The van der Waals surface area contributed by atoms with Crippen LogP contribution in [-0.2, 0) is 16.1 Å². The maximum absolute atomic E-state index is 6.15. The molecule has 0 aromatic carbocycles. The summed E-state index contributed by atoms with van der Waals surface area (Å²) in [6, 6.07) is 0.308. The highest BCUT2D eigenvalue weighted by Crippen LogP contribution is 2.25. The summed E-state index contributed by atoms with van der Waals surface area (Å²) in [5.41, 5.74) is 6.97. The van der Waals surface area contributed by atoms with Crippen LogP contribution in [0.5, 0.6) is 0 Å². The van der Waals surface area contributed by atoms with Crippen molar-refractivity contribution in [2.45, 2.75) is 46.3 Å². The number of anilines is 1. The number of methoxy groups -OCH3 is 1. The Morgan fingerprint density at radius 2 is 1.89 bits per heavy atom. The van der Waals surface area contributed by atoms with Crippen LogP contribution in [0.2, 0.25) is 0 Å². The van der Waals surface area contributed by atoms with Gasteiger partial charge in [0.15, 0.2) is 0 Å². The van der Waals surface area contributed by atoms with E-state index in [9.17, 15) is 0 Å². The maximum Gasteiger partial charge on any atom is 0.129 e. The van der Waals surface area contributed by atoms with Gasteiger partial charge in [-0.15, -0.1) is 0 Å². The molecule has 104 valence electrons. The quantitative estimate of drug-likeness (QED) is 0.760. The largest absolute Gasteiger partial charge is 0.383 e. The molecule has 1 rings (SSSR count). The summed E-state index contributed by atoms with van der Waals surface area (Å²) in [4.78, 5) is 4.60. The average Bonchev–Trinajstić information content (AvgIpc) is 2.62. The van der Waals surface area contributed by atoms with Gasteiger partial charge in [0, 0.05) is 19.1 Å². The zero-order chi connectivity index (χ0) is 13.7. The van der Waals surface area contributed by atoms with Crippen molar-refractivity contribution in [1.29, 1.82) is 0 Å². The molecule has 2 N–H and O–H groups in total. The van der Waals surface area contributed by atoms with Crippen LogP contribution in [0.25, 0.3) is 0 Å². The van der Waals surface area contributed by atoms with Gasteiger partial charge in [0.1, 0.15) is 17.3 Å². The normalized spacial score (nSPS) is 11.7. The second-order valence-electron chi connectivity index (χ2n) is 4.97. The zero-order valence-electron chi connectivity index (χ0n) is 12.1. The molecular formula is C13H25N3O2. The van der Waals surface area contributed by atoms with Gasteiger partial charge in [-0.05, 0) is 13.8 Å². The first-order valence-electron chi connectivity index (χ1n) is 6.42. The van der Waals surface area contributed by atoms with Crippen molar-refractivity contribution in [1.82, 2.24) is 9.55 Å². The Balaban J connectivity index is 2.83. The fraction of sp³-hybridized carbons (Fsp3) is 0.769. The molecule has 1 aromatic rings. The molecular weight excluding hydrogens is 230 g/mol. The summed E-state index contributed by atoms with van der Waals surface area (Å²) >= 11 is 0. The van der Waals surface area contributed by atoms with Gasteiger partial charge in [-0.1, -0.05) is 13.8 Å². The smallest absolute Gasteiger partial charge is 0.129 e. The van der Waals surface area contributed by atoms with E-state index in [1.54, 1.807) is 7.11 Å². The third-order valence-electron chi connectivity index (χ3n) is 2.75. The van der Waals surface area contributed by atoms with Crippen molar-refractivity contribution in [2.24, 2.45) is 0 Å². The molecule has 0 saturated heterocycles. The molecule has 1 aromatic heterocycles. The first kappa shape index (κ1) is 15.0. The second-order valence-corrected chi connectivity index (χ2v) is 4.97. The summed E-state index contributed by atoms with van der Waals surface area (Å²) < 4.78 is 12.5. The highest BCUT2D eigenvalue weighted by molar-refractivity contribution is 5.39. The van der Waals surface area contributed by atoms with Gasteiger partial charge in [0.25, 0.3) is 0 Å². The highest BCUT2D eigenvalue weighted by atomic mass is 16.5. The monoisotopic (exact) mass is 255 g/mol. The number of ether oxygens (including phenoxy) is 2. The Labute approximate surface area is 109 Å². The zero-order valence-corrected chi connectivity index (χ0v) is 12.1. The van der Waals surface area contributed by atoms with Crippen LogP contribution in [0.4, 0.5) is 5.82 Å². The number of rotatable bonds is 7. The van der Waals surface area contributed by atoms with Crippen LogP contribution in [0.1, 0.15) is 51.2 Å². The van der Waals surface area contributed by atoms with Gasteiger partial charge in [0.05, 0.1) is 19.8 Å². The highest BCUT2D eigenvalue weighted by Gasteiger charge is 2.18. The van der Waals surface area contributed by atoms with Gasteiger partial charge in [-0.3, -0.25) is 0 Å². The minimum atomic E-state index is 0.308. The number of hydrogen-bond acceptors (Lipinski definition) is 4. The van der Waals surface area contributed by atoms with E-state index >= 15 is 0 Å². The van der Waals surface area contributed by atoms with Crippen molar-refractivity contribution in [3.8, 4) is 0 Å². The van der Waals surface area contributed by atoms with Gasteiger partial charge in [-0.25, -0.2) is 4.98 Å². The van der Waals surface area contributed by atoms with Gasteiger partial charge < -0.3 is 19.8 Å². The summed E-state index contributed by atoms with van der Waals surface area (Å²) in [5.74, 6) is 2.08. The van der Waals surface area contributed by atoms with Crippen molar-refractivity contribution >= 4 is 5.82 Å². The van der Waals surface area contributed by atoms with Gasteiger partial charge in [-0.2, -0.15) is 0 Å². The molecule has 18 heavy (non-hydrogen) atoms. The van der Waals surface area contributed by atoms with Crippen LogP contribution < -0.4 is 5.73 Å². The predicted molar refractivity (Wildman–Crippen MR) is 72.6 cm³/mol. The van der Waals surface area contributed by atoms with Crippen LogP contribution in [0.3, 0.4) is 0 Å². The van der Waals surface area contributed by atoms with E-state index in [-0.39, 0.29) is 0 Å². The van der Waals surface area contributed by atoms with Gasteiger partial charge >= 0.3 is 0 Å². The average molecular weight is 255 g/mol. The molecule has 0 aliphatic rings. The number of hydrogen-bond donors (Lipinski definition) is 1. The van der Waals surface area contributed by atoms with E-state index in [1.807, 2.05) is 0 Å². The molecule has 0 atom stereocenters. The van der Waals surface area contributed by atoms with E-state index in [1.165, 1.54) is 0 Å². The van der Waals surface area contributed by atoms with E-state index in [2.05, 4.69) is 37.2 Å². The molecule has 1 heterocycles. The Morgan fingerprint density at radius 1 is 1.22 bits per heavy atom. The van der Waals surface area contributed by atoms with E-state index < -0.39 is 0 Å². The fourth-order valence-electron chi connectivity index (χ4n) is 1.88. The predicted octanol–water partition coefficient (Wildman–Crippen LogP) is 2.33. The lowest BCUT2D eigenvalue weighted by molar-refractivity contribution is 0.0605. The summed E-state index contributed by atoms with van der Waals surface area (Å²) in [6.45, 7) is 10.0. The van der Waals surface area contributed by atoms with Crippen LogP contribution in [-0.4, -0.2) is 29.9 Å². The molecule has 0 saturated carbocycles. The topological polar surface area (TPSA) is 62.3 Å². The number of nitrogens with two attached hydrogens (primary N) is 1. The molecule has 0 amide bonds. The number of aromatic nitrogens is 2. The van der Waals surface area contributed by atoms with Crippen molar-refractivity contribution in [3.63, 3.8) is 0 Å². The van der Waals surface area contributed by atoms with Crippen LogP contribution in [0, 0.1) is 0 Å². The van der Waals surface area contributed by atoms with Crippen LogP contribution in [0.15, 0.2) is 0 Å². The maximum atomic E-state index is 6.15. The minimum absolute atomic E-state index is 0.308. The third kappa shape index (κ3) is 3.46. The molecule has 5 heteroatoms. The van der Waals surface area contributed by atoms with Crippen molar-refractivity contribution in [2.75, 3.05) is 26.1 Å². The number of nitrogens with zero attached hydrogens (tertiary/aromatic N) is 2. The summed E-state index contributed by atoms with van der Waals surface area (Å²) in [7, 11) is 1.65. The molecule has 0 bridgehead atoms. The first-order valence-corrected chi connectivity index (χ1v) is 6.42. The lowest BCUT2D eigenvalue weighted by Gasteiger charge is -2.15. The third-order valence-corrected chi connectivity index (χ3v) is 2.75. The molecule has 0 unspecified atom stereocenters. The summed E-state index contributed by atoms with van der Waals surface area (Å²) in [6.07, 6.45) is 0. The Hall–Kier alpha value is -1.07. The summed E-state index contributed by atoms with van der Waals surface area (Å²) in [5, 5.41) is 0. The Kier molecular flexibility index (Phi) is 5.62. The van der Waals surface area contributed by atoms with E-state index in [4.69, 9.17) is 15.2 Å². The number of nitrogen functional groups attached to an aromatic ring is 1.